The Kier molecular flexibility index (Phi) is 24.6. The smallest absolute Gasteiger partial charge is 0.305 e. The van der Waals surface area contributed by atoms with Crippen LogP contribution in [0, 0.1) is 6.92 Å². The molecule has 66 heavy (non-hydrogen) atoms. The molecule has 0 radical (unpaired) electrons. The Hall–Kier alpha value is -5.07. The van der Waals surface area contributed by atoms with Crippen molar-refractivity contribution in [3.63, 3.8) is 0 Å². The first-order valence-electron chi connectivity index (χ1n) is 22.8. The van der Waals surface area contributed by atoms with Crippen molar-refractivity contribution in [2.45, 2.75) is 66.2 Å². The van der Waals surface area contributed by atoms with Gasteiger partial charge >= 0.3 is 5.97 Å². The summed E-state index contributed by atoms with van der Waals surface area (Å²) in [6.07, 6.45) is 11.1. The molecule has 0 saturated heterocycles. The van der Waals surface area contributed by atoms with Crippen LogP contribution >= 0.6 is 0 Å². The molecule has 0 unspecified atom stereocenters. The Bertz CT molecular complexity index is 2100. The van der Waals surface area contributed by atoms with Gasteiger partial charge in [0.2, 0.25) is 0 Å². The predicted octanol–water partition coefficient (Wildman–Crippen LogP) is 7.64. The molecule has 0 fully saturated rings. The Morgan fingerprint density at radius 1 is 0.758 bits per heavy atom. The van der Waals surface area contributed by atoms with Gasteiger partial charge in [0.1, 0.15) is 13.2 Å². The molecule has 362 valence electrons. The van der Waals surface area contributed by atoms with Gasteiger partial charge in [-0.3, -0.25) is 19.8 Å². The Labute approximate surface area is 390 Å². The molecule has 0 spiro atoms. The van der Waals surface area contributed by atoms with Crippen molar-refractivity contribution in [1.82, 2.24) is 4.98 Å². The molecule has 2 aromatic rings. The molecular formula is C50H71N5O11. The van der Waals surface area contributed by atoms with Gasteiger partial charge in [0.15, 0.2) is 11.5 Å². The number of benzene rings is 1. The van der Waals surface area contributed by atoms with Crippen LogP contribution < -0.4 is 9.47 Å². The standard InChI is InChI=1S/C50H71N5O11/c1-9-38-39(10-2)42(54-41(38)11-3)29-43-40(14-15-50(57)60-8)36(5)47(55-43)34-53-45-31-49(66-28-26-64-24-22-62-20-18-59-7)48(65-27-25-63-23-21-61-19-17-58-6)30-44(45)52-33-46-35(4)37(32-51-46)13-12-16-56/h11,29-31,33-34,55-56H,3,9-10,12-28,32H2,1-2,4-8H3. The fraction of sp³-hybridized carbons (Fsp3) is 0.540. The minimum Gasteiger partial charge on any atom is -0.487 e. The van der Waals surface area contributed by atoms with Crippen LogP contribution in [0.25, 0.3) is 6.08 Å². The van der Waals surface area contributed by atoms with Gasteiger partial charge in [-0.15, -0.1) is 0 Å². The van der Waals surface area contributed by atoms with Crippen LogP contribution in [0.2, 0.25) is 0 Å². The Morgan fingerprint density at radius 2 is 1.32 bits per heavy atom. The van der Waals surface area contributed by atoms with Gasteiger partial charge in [0, 0.05) is 45.1 Å². The third-order valence-electron chi connectivity index (χ3n) is 10.9. The van der Waals surface area contributed by atoms with E-state index in [9.17, 15) is 9.90 Å². The number of aliphatic imine (C=N–C) groups is 4. The monoisotopic (exact) mass is 918 g/mol. The fourth-order valence-corrected chi connectivity index (χ4v) is 7.25. The lowest BCUT2D eigenvalue weighted by Gasteiger charge is -2.15. The number of aliphatic hydroxyl groups is 1. The molecule has 0 aliphatic carbocycles. The van der Waals surface area contributed by atoms with E-state index in [0.717, 1.165) is 64.5 Å². The van der Waals surface area contributed by atoms with Crippen molar-refractivity contribution in [3.05, 3.63) is 75.3 Å². The Balaban J connectivity index is 1.73. The highest BCUT2D eigenvalue weighted by atomic mass is 16.6. The number of allylic oxidation sites excluding steroid dienone is 4. The number of H-pyrrole nitrogens is 1. The number of hydrogen-bond acceptors (Lipinski definition) is 15. The fourth-order valence-electron chi connectivity index (χ4n) is 7.25. The normalized spacial score (nSPS) is 14.7. The molecule has 0 bridgehead atoms. The topological polar surface area (TPSA) is 186 Å². The van der Waals surface area contributed by atoms with Crippen molar-refractivity contribution in [1.29, 1.82) is 0 Å². The average Bonchev–Trinajstić information content (AvgIpc) is 3.97. The van der Waals surface area contributed by atoms with Gasteiger partial charge in [-0.05, 0) is 91.5 Å². The summed E-state index contributed by atoms with van der Waals surface area (Å²) in [5, 5.41) is 9.44. The lowest BCUT2D eigenvalue weighted by atomic mass is 9.98. The van der Waals surface area contributed by atoms with Crippen molar-refractivity contribution >= 4 is 47.3 Å². The number of hydrogen-bond donors (Lipinski definition) is 2. The number of ether oxygens (including phenoxy) is 9. The lowest BCUT2D eigenvalue weighted by molar-refractivity contribution is -0.140. The molecule has 0 atom stereocenters. The largest absolute Gasteiger partial charge is 0.487 e. The number of aromatic nitrogens is 1. The maximum atomic E-state index is 12.4. The van der Waals surface area contributed by atoms with Crippen LogP contribution in [0.15, 0.2) is 72.7 Å². The van der Waals surface area contributed by atoms with Gasteiger partial charge in [0.05, 0.1) is 126 Å². The highest BCUT2D eigenvalue weighted by Crippen LogP contribution is 2.41. The second-order valence-electron chi connectivity index (χ2n) is 15.2. The molecule has 1 aromatic carbocycles. The van der Waals surface area contributed by atoms with E-state index in [1.165, 1.54) is 23.8 Å². The predicted molar refractivity (Wildman–Crippen MR) is 260 cm³/mol. The zero-order valence-electron chi connectivity index (χ0n) is 40.1. The number of carbonyl (C=O) groups excluding carboxylic acids is 1. The zero-order valence-corrected chi connectivity index (χ0v) is 40.1. The van der Waals surface area contributed by atoms with Crippen LogP contribution in [-0.4, -0.2) is 154 Å². The van der Waals surface area contributed by atoms with Crippen LogP contribution in [-0.2, 0) is 44.4 Å². The van der Waals surface area contributed by atoms with E-state index in [0.29, 0.717) is 108 Å². The number of esters is 1. The maximum absolute atomic E-state index is 12.4. The summed E-state index contributed by atoms with van der Waals surface area (Å²) in [5.74, 6) is 0.596. The molecule has 16 nitrogen and oxygen atoms in total. The van der Waals surface area contributed by atoms with E-state index < -0.39 is 0 Å². The van der Waals surface area contributed by atoms with Crippen LogP contribution in [0.4, 0.5) is 11.4 Å². The summed E-state index contributed by atoms with van der Waals surface area (Å²) in [5.41, 5.74) is 11.6. The van der Waals surface area contributed by atoms with Crippen molar-refractivity contribution < 1.29 is 52.5 Å². The summed E-state index contributed by atoms with van der Waals surface area (Å²) < 4.78 is 50.3. The number of nitrogens with one attached hydrogen (secondary N) is 1. The van der Waals surface area contributed by atoms with E-state index in [-0.39, 0.29) is 32.2 Å². The van der Waals surface area contributed by atoms with Gasteiger partial charge < -0.3 is 52.7 Å². The van der Waals surface area contributed by atoms with Gasteiger partial charge in [-0.25, -0.2) is 4.99 Å². The summed E-state index contributed by atoms with van der Waals surface area (Å²) in [7, 11) is 4.66. The quantitative estimate of drug-likeness (QED) is 0.0399. The average molecular weight is 918 g/mol. The van der Waals surface area contributed by atoms with E-state index in [1.54, 1.807) is 44.9 Å². The lowest BCUT2D eigenvalue weighted by Crippen LogP contribution is -2.14. The minimum atomic E-state index is -0.297. The number of nitrogens with zero attached hydrogens (tertiary/aromatic N) is 4. The van der Waals surface area contributed by atoms with E-state index in [1.807, 2.05) is 13.8 Å². The van der Waals surface area contributed by atoms with E-state index in [2.05, 4.69) is 31.5 Å². The Morgan fingerprint density at radius 3 is 1.85 bits per heavy atom. The molecule has 0 amide bonds. The van der Waals surface area contributed by atoms with E-state index >= 15 is 0 Å². The van der Waals surface area contributed by atoms with E-state index in [4.69, 9.17) is 62.6 Å². The SMILES string of the molecule is C=CC1=NC(=Cc2[nH]c(C=Nc3cc(OCCOCCOCCOC)c(OCCOCCOCCOC)cc3N=CC3=NCC(CCCO)=C3C)c(C)c2CCC(=O)OC)C(CC)=C1CC. The number of rotatable bonds is 34. The second kappa shape index (κ2) is 30.3. The number of aromatic amines is 1. The molecule has 2 aliphatic heterocycles. The number of carbonyl (C=O) groups is 1. The van der Waals surface area contributed by atoms with Gasteiger partial charge in [-0.2, -0.15) is 0 Å². The van der Waals surface area contributed by atoms with Crippen molar-refractivity contribution in [2.75, 3.05) is 114 Å². The summed E-state index contributed by atoms with van der Waals surface area (Å²) in [4.78, 5) is 35.6. The molecule has 3 heterocycles. The second-order valence-corrected chi connectivity index (χ2v) is 15.2. The van der Waals surface area contributed by atoms with Gasteiger partial charge in [0.25, 0.3) is 0 Å². The number of aliphatic hydroxyl groups excluding tert-OH is 1. The van der Waals surface area contributed by atoms with Gasteiger partial charge in [-0.1, -0.05) is 20.4 Å². The maximum Gasteiger partial charge on any atom is 0.305 e. The third-order valence-corrected chi connectivity index (χ3v) is 10.9. The molecule has 4 rings (SSSR count). The molecule has 0 saturated carbocycles. The van der Waals surface area contributed by atoms with Crippen molar-refractivity contribution in [2.24, 2.45) is 20.0 Å². The molecule has 2 aliphatic rings. The third kappa shape index (κ3) is 16.7. The summed E-state index contributed by atoms with van der Waals surface area (Å²) >= 11 is 0. The first-order chi connectivity index (χ1) is 32.2. The molecular weight excluding hydrogens is 847 g/mol. The highest BCUT2D eigenvalue weighted by molar-refractivity contribution is 6.39. The first kappa shape index (κ1) is 53.5. The van der Waals surface area contributed by atoms with Crippen LogP contribution in [0.3, 0.4) is 0 Å². The number of methoxy groups -OCH3 is 3. The van der Waals surface area contributed by atoms with Crippen molar-refractivity contribution in [3.8, 4) is 11.5 Å². The van der Waals surface area contributed by atoms with Crippen LogP contribution in [0.5, 0.6) is 11.5 Å². The molecule has 1 aromatic heterocycles. The summed E-state index contributed by atoms with van der Waals surface area (Å²) in [6.45, 7) is 17.8. The zero-order chi connectivity index (χ0) is 47.5. The molecule has 16 heteroatoms. The minimum absolute atomic E-state index is 0.119. The van der Waals surface area contributed by atoms with Crippen LogP contribution in [0.1, 0.15) is 75.4 Å². The first-order valence-corrected chi connectivity index (χ1v) is 22.8. The molecule has 2 N–H and O–H groups in total. The summed E-state index contributed by atoms with van der Waals surface area (Å²) in [6, 6.07) is 3.60. The highest BCUT2D eigenvalue weighted by Gasteiger charge is 2.22.